The molecule has 9 nitrogen and oxygen atoms in total. The number of carbonyl (C=O) groups excluding carboxylic acids is 2. The molecule has 1 atom stereocenters. The average molecular weight is 365 g/mol. The van der Waals surface area contributed by atoms with E-state index in [1.165, 1.54) is 18.2 Å². The molecule has 136 valence electrons. The van der Waals surface area contributed by atoms with Crippen LogP contribution in [-0.4, -0.2) is 26.8 Å². The van der Waals surface area contributed by atoms with Gasteiger partial charge in [0.05, 0.1) is 4.92 Å². The standard InChI is InChI=1S/C18H15N5O4/c1-8-14-16(22-21-8)19-12-3-2-4-13(24)15(12)18(14)10-7-9(23(26)27)5-6-11(10)20-17(18)25/h5-7H,2-4H2,1H3,(H,20,25)(H2,19,21,22). The van der Waals surface area contributed by atoms with Gasteiger partial charge in [-0.3, -0.25) is 24.8 Å². The summed E-state index contributed by atoms with van der Waals surface area (Å²) in [5, 5.41) is 24.5. The fraction of sp³-hybridized carbons (Fsp3) is 0.278. The molecule has 2 aliphatic heterocycles. The van der Waals surface area contributed by atoms with Crippen LogP contribution in [0.2, 0.25) is 0 Å². The fourth-order valence-electron chi connectivity index (χ4n) is 4.55. The van der Waals surface area contributed by atoms with Gasteiger partial charge in [-0.05, 0) is 25.8 Å². The Morgan fingerprint density at radius 1 is 1.22 bits per heavy atom. The molecule has 5 rings (SSSR count). The first-order valence-corrected chi connectivity index (χ1v) is 8.64. The lowest BCUT2D eigenvalue weighted by molar-refractivity contribution is -0.384. The van der Waals surface area contributed by atoms with E-state index in [2.05, 4.69) is 20.8 Å². The van der Waals surface area contributed by atoms with Crippen LogP contribution in [0.25, 0.3) is 0 Å². The number of Topliss-reactive ketones (excluding diaryl/α,β-unsaturated/α-hetero) is 1. The van der Waals surface area contributed by atoms with Gasteiger partial charge in [-0.15, -0.1) is 0 Å². The maximum absolute atomic E-state index is 13.4. The Hall–Kier alpha value is -3.49. The van der Waals surface area contributed by atoms with E-state index in [0.29, 0.717) is 58.9 Å². The number of hydrogen-bond donors (Lipinski definition) is 3. The van der Waals surface area contributed by atoms with Crippen LogP contribution in [0.5, 0.6) is 0 Å². The lowest BCUT2D eigenvalue weighted by Crippen LogP contribution is -2.45. The molecule has 0 bridgehead atoms. The summed E-state index contributed by atoms with van der Waals surface area (Å²) in [5.41, 5.74) is 1.58. The minimum Gasteiger partial charge on any atom is -0.342 e. The van der Waals surface area contributed by atoms with Crippen molar-refractivity contribution in [3.63, 3.8) is 0 Å². The summed E-state index contributed by atoms with van der Waals surface area (Å²) in [5.74, 6) is -0.0204. The average Bonchev–Trinajstić information content (AvgIpc) is 3.13. The van der Waals surface area contributed by atoms with Crippen LogP contribution < -0.4 is 10.6 Å². The number of nitro benzene ring substituents is 1. The first-order chi connectivity index (χ1) is 12.9. The van der Waals surface area contributed by atoms with Crippen LogP contribution in [0.15, 0.2) is 29.5 Å². The normalized spacial score (nSPS) is 22.9. The van der Waals surface area contributed by atoms with Gasteiger partial charge < -0.3 is 10.6 Å². The molecule has 3 heterocycles. The summed E-state index contributed by atoms with van der Waals surface area (Å²) < 4.78 is 0. The molecule has 1 spiro atoms. The van der Waals surface area contributed by atoms with Crippen molar-refractivity contribution in [3.05, 3.63) is 56.4 Å². The largest absolute Gasteiger partial charge is 0.342 e. The Labute approximate surface area is 153 Å². The van der Waals surface area contributed by atoms with Gasteiger partial charge in [-0.2, -0.15) is 5.10 Å². The number of hydrogen-bond acceptors (Lipinski definition) is 6. The van der Waals surface area contributed by atoms with Crippen LogP contribution in [0.1, 0.15) is 36.1 Å². The number of nitrogens with zero attached hydrogens (tertiary/aromatic N) is 2. The van der Waals surface area contributed by atoms with E-state index in [1.54, 1.807) is 6.92 Å². The maximum atomic E-state index is 13.4. The third-order valence-corrected chi connectivity index (χ3v) is 5.58. The van der Waals surface area contributed by atoms with E-state index >= 15 is 0 Å². The number of allylic oxidation sites excluding steroid dienone is 1. The molecule has 1 amide bonds. The number of nitro groups is 1. The summed E-state index contributed by atoms with van der Waals surface area (Å²) in [6.07, 6.45) is 1.64. The fourth-order valence-corrected chi connectivity index (χ4v) is 4.55. The number of nitrogens with one attached hydrogen (secondary N) is 3. The lowest BCUT2D eigenvalue weighted by atomic mass is 9.64. The van der Waals surface area contributed by atoms with Crippen LogP contribution in [0.3, 0.4) is 0 Å². The quantitative estimate of drug-likeness (QED) is 0.525. The van der Waals surface area contributed by atoms with E-state index in [0.717, 1.165) is 0 Å². The summed E-state index contributed by atoms with van der Waals surface area (Å²) in [6.45, 7) is 1.77. The van der Waals surface area contributed by atoms with Crippen molar-refractivity contribution in [3.8, 4) is 0 Å². The Balaban J connectivity index is 1.92. The molecule has 1 unspecified atom stereocenters. The summed E-state index contributed by atoms with van der Waals surface area (Å²) >= 11 is 0. The van der Waals surface area contributed by atoms with Crippen LogP contribution >= 0.6 is 0 Å². The molecular weight excluding hydrogens is 350 g/mol. The van der Waals surface area contributed by atoms with E-state index in [1.807, 2.05) is 0 Å². The van der Waals surface area contributed by atoms with Crippen LogP contribution in [0.4, 0.5) is 17.2 Å². The number of benzene rings is 1. The smallest absolute Gasteiger partial charge is 0.269 e. The number of aromatic nitrogens is 2. The predicted octanol–water partition coefficient (Wildman–Crippen LogP) is 2.30. The van der Waals surface area contributed by atoms with Gasteiger partial charge >= 0.3 is 0 Å². The van der Waals surface area contributed by atoms with Gasteiger partial charge in [0.25, 0.3) is 5.69 Å². The zero-order chi connectivity index (χ0) is 18.9. The number of fused-ring (bicyclic) bond motifs is 5. The van der Waals surface area contributed by atoms with Crippen molar-refractivity contribution >= 4 is 28.9 Å². The molecule has 9 heteroatoms. The first-order valence-electron chi connectivity index (χ1n) is 8.64. The Kier molecular flexibility index (Phi) is 2.93. The molecule has 27 heavy (non-hydrogen) atoms. The molecule has 1 aliphatic carbocycles. The highest BCUT2D eigenvalue weighted by molar-refractivity contribution is 6.20. The number of amides is 1. The SMILES string of the molecule is Cc1[nH]nc2c1C1(C(=O)Nc3ccc([N+](=O)[O-])cc31)C1=C(CCCC1=O)N2. The first kappa shape index (κ1) is 15.7. The van der Waals surface area contributed by atoms with E-state index in [9.17, 15) is 19.7 Å². The second-order valence-electron chi connectivity index (χ2n) is 7.02. The number of non-ortho nitro benzene ring substituents is 1. The number of H-pyrrole nitrogens is 1. The summed E-state index contributed by atoms with van der Waals surface area (Å²) in [7, 11) is 0. The van der Waals surface area contributed by atoms with Crippen molar-refractivity contribution < 1.29 is 14.5 Å². The van der Waals surface area contributed by atoms with Crippen LogP contribution in [-0.2, 0) is 15.0 Å². The highest BCUT2D eigenvalue weighted by atomic mass is 16.6. The van der Waals surface area contributed by atoms with Gasteiger partial charge in [-0.1, -0.05) is 0 Å². The van der Waals surface area contributed by atoms with Gasteiger partial charge in [0.15, 0.2) is 11.6 Å². The second kappa shape index (κ2) is 5.03. The van der Waals surface area contributed by atoms with E-state index in [4.69, 9.17) is 0 Å². The third kappa shape index (κ3) is 1.80. The zero-order valence-electron chi connectivity index (χ0n) is 14.4. The highest BCUT2D eigenvalue weighted by Crippen LogP contribution is 2.55. The second-order valence-corrected chi connectivity index (χ2v) is 7.02. The lowest BCUT2D eigenvalue weighted by Gasteiger charge is -2.38. The topological polar surface area (TPSA) is 130 Å². The van der Waals surface area contributed by atoms with Crippen LogP contribution in [0, 0.1) is 17.0 Å². The Morgan fingerprint density at radius 2 is 2.04 bits per heavy atom. The number of aromatic amines is 1. The molecular formula is C18H15N5O4. The van der Waals surface area contributed by atoms with Gasteiger partial charge in [0.1, 0.15) is 5.41 Å². The summed E-state index contributed by atoms with van der Waals surface area (Å²) in [4.78, 5) is 37.2. The maximum Gasteiger partial charge on any atom is 0.269 e. The molecule has 0 saturated heterocycles. The summed E-state index contributed by atoms with van der Waals surface area (Å²) in [6, 6.07) is 4.26. The molecule has 3 aliphatic rings. The number of rotatable bonds is 1. The molecule has 2 aromatic rings. The van der Waals surface area contributed by atoms with E-state index in [-0.39, 0.29) is 17.4 Å². The van der Waals surface area contributed by atoms with Crippen molar-refractivity contribution in [1.82, 2.24) is 10.2 Å². The molecule has 0 saturated carbocycles. The van der Waals surface area contributed by atoms with Crippen molar-refractivity contribution in [2.75, 3.05) is 10.6 Å². The predicted molar refractivity (Wildman–Crippen MR) is 95.3 cm³/mol. The third-order valence-electron chi connectivity index (χ3n) is 5.58. The Morgan fingerprint density at radius 3 is 2.81 bits per heavy atom. The molecule has 3 N–H and O–H groups in total. The van der Waals surface area contributed by atoms with Gasteiger partial charge in [-0.25, -0.2) is 0 Å². The molecule has 0 fully saturated rings. The van der Waals surface area contributed by atoms with E-state index < -0.39 is 10.3 Å². The molecule has 1 aromatic heterocycles. The monoisotopic (exact) mass is 365 g/mol. The van der Waals surface area contributed by atoms with Crippen molar-refractivity contribution in [1.29, 1.82) is 0 Å². The highest BCUT2D eigenvalue weighted by Gasteiger charge is 2.59. The number of carbonyl (C=O) groups is 2. The van der Waals surface area contributed by atoms with Gasteiger partial charge in [0, 0.05) is 52.3 Å². The number of aryl methyl sites for hydroxylation is 1. The minimum atomic E-state index is -1.42. The molecule has 1 aromatic carbocycles. The van der Waals surface area contributed by atoms with Crippen molar-refractivity contribution in [2.45, 2.75) is 31.6 Å². The zero-order valence-corrected chi connectivity index (χ0v) is 14.4. The number of ketones is 1. The van der Waals surface area contributed by atoms with Gasteiger partial charge in [0.2, 0.25) is 5.91 Å². The molecule has 0 radical (unpaired) electrons. The number of anilines is 2. The minimum absolute atomic E-state index is 0.121. The van der Waals surface area contributed by atoms with Crippen molar-refractivity contribution in [2.24, 2.45) is 0 Å². The Bertz CT molecular complexity index is 1100.